The lowest BCUT2D eigenvalue weighted by atomic mass is 9.99. The van der Waals surface area contributed by atoms with Crippen molar-refractivity contribution in [3.05, 3.63) is 77.9 Å². The first-order chi connectivity index (χ1) is 12.6. The molecule has 0 heterocycles. The molecule has 0 aliphatic heterocycles. The molecule has 26 heavy (non-hydrogen) atoms. The summed E-state index contributed by atoms with van der Waals surface area (Å²) in [5.74, 6) is -0.192. The summed E-state index contributed by atoms with van der Waals surface area (Å²) in [6.45, 7) is 6.19. The van der Waals surface area contributed by atoms with Crippen LogP contribution in [0.1, 0.15) is 29.8 Å². The number of phenolic OH excluding ortho intramolecular Hbond substituents is 1. The van der Waals surface area contributed by atoms with E-state index in [2.05, 4.69) is 30.9 Å². The van der Waals surface area contributed by atoms with Crippen LogP contribution in [-0.4, -0.2) is 24.0 Å². The van der Waals surface area contributed by atoms with Gasteiger partial charge in [-0.3, -0.25) is 4.79 Å². The molecule has 0 atom stereocenters. The zero-order valence-electron chi connectivity index (χ0n) is 15.1. The molecule has 0 aromatic heterocycles. The van der Waals surface area contributed by atoms with Crippen molar-refractivity contribution in [2.75, 3.05) is 18.0 Å². The van der Waals surface area contributed by atoms with Gasteiger partial charge in [-0.25, -0.2) is 0 Å². The lowest BCUT2D eigenvalue weighted by Gasteiger charge is -2.20. The molecule has 0 saturated carbocycles. The highest BCUT2D eigenvalue weighted by atomic mass is 16.3. The van der Waals surface area contributed by atoms with Crippen LogP contribution in [0.4, 0.5) is 5.69 Å². The first kappa shape index (κ1) is 17.7. The Morgan fingerprint density at radius 2 is 1.65 bits per heavy atom. The van der Waals surface area contributed by atoms with Crippen LogP contribution in [0, 0.1) is 0 Å². The topological polar surface area (TPSA) is 40.5 Å². The maximum absolute atomic E-state index is 12.7. The van der Waals surface area contributed by atoms with Gasteiger partial charge in [-0.2, -0.15) is 0 Å². The van der Waals surface area contributed by atoms with Crippen LogP contribution in [0.25, 0.3) is 16.8 Å². The Kier molecular flexibility index (Phi) is 5.37. The van der Waals surface area contributed by atoms with Crippen molar-refractivity contribution in [3.8, 4) is 5.75 Å². The summed E-state index contributed by atoms with van der Waals surface area (Å²) in [6, 6.07) is 19.1. The number of benzene rings is 3. The number of allylic oxidation sites excluding steroid dienone is 1. The summed E-state index contributed by atoms with van der Waals surface area (Å²) in [4.78, 5) is 14.9. The highest BCUT2D eigenvalue weighted by Crippen LogP contribution is 2.28. The minimum atomic E-state index is -0.202. The molecule has 0 fully saturated rings. The van der Waals surface area contributed by atoms with E-state index >= 15 is 0 Å². The number of hydrogen-bond acceptors (Lipinski definition) is 3. The summed E-state index contributed by atoms with van der Waals surface area (Å²) in [6.07, 6.45) is 3.31. The lowest BCUT2D eigenvalue weighted by Crippen LogP contribution is -2.21. The van der Waals surface area contributed by atoms with Crippen LogP contribution in [0.2, 0.25) is 0 Å². The van der Waals surface area contributed by atoms with Crippen molar-refractivity contribution >= 4 is 28.3 Å². The SMILES string of the molecule is CCN(CC)c1ccc(C=CC(=O)c2c(O)ccc3ccccc23)cc1. The van der Waals surface area contributed by atoms with Crippen LogP contribution in [-0.2, 0) is 0 Å². The molecule has 0 bridgehead atoms. The van der Waals surface area contributed by atoms with Gasteiger partial charge in [0.2, 0.25) is 0 Å². The second-order valence-electron chi connectivity index (χ2n) is 6.14. The average molecular weight is 345 g/mol. The number of carbonyl (C=O) groups is 1. The molecule has 0 spiro atoms. The molecule has 0 amide bonds. The Bertz CT molecular complexity index is 938. The monoisotopic (exact) mass is 345 g/mol. The van der Waals surface area contributed by atoms with Crippen LogP contribution in [0.15, 0.2) is 66.7 Å². The molecule has 0 unspecified atom stereocenters. The number of phenols is 1. The number of aromatic hydroxyl groups is 1. The normalized spacial score (nSPS) is 11.2. The fourth-order valence-electron chi connectivity index (χ4n) is 3.16. The summed E-state index contributed by atoms with van der Waals surface area (Å²) >= 11 is 0. The van der Waals surface area contributed by atoms with E-state index in [0.717, 1.165) is 29.4 Å². The molecule has 3 nitrogen and oxygen atoms in total. The summed E-state index contributed by atoms with van der Waals surface area (Å²) in [5, 5.41) is 11.9. The van der Waals surface area contributed by atoms with Crippen molar-refractivity contribution in [3.63, 3.8) is 0 Å². The van der Waals surface area contributed by atoms with Gasteiger partial charge in [0.1, 0.15) is 5.75 Å². The van der Waals surface area contributed by atoms with Gasteiger partial charge in [-0.1, -0.05) is 48.5 Å². The van der Waals surface area contributed by atoms with E-state index in [0.29, 0.717) is 5.56 Å². The van der Waals surface area contributed by atoms with Gasteiger partial charge in [0.15, 0.2) is 5.78 Å². The van der Waals surface area contributed by atoms with E-state index in [1.165, 1.54) is 11.8 Å². The molecule has 3 heteroatoms. The number of hydrogen-bond donors (Lipinski definition) is 1. The van der Waals surface area contributed by atoms with Gasteiger partial charge < -0.3 is 10.0 Å². The molecule has 132 valence electrons. The highest BCUT2D eigenvalue weighted by Gasteiger charge is 2.12. The molecular formula is C23H23NO2. The number of nitrogens with zero attached hydrogens (tertiary/aromatic N) is 1. The van der Waals surface area contributed by atoms with Crippen molar-refractivity contribution < 1.29 is 9.90 Å². The summed E-state index contributed by atoms with van der Waals surface area (Å²) < 4.78 is 0. The first-order valence-corrected chi connectivity index (χ1v) is 8.92. The number of carbonyl (C=O) groups excluding carboxylic acids is 1. The minimum Gasteiger partial charge on any atom is -0.507 e. The molecule has 1 N–H and O–H groups in total. The van der Waals surface area contributed by atoms with E-state index < -0.39 is 0 Å². The Balaban J connectivity index is 1.85. The van der Waals surface area contributed by atoms with Crippen LogP contribution >= 0.6 is 0 Å². The van der Waals surface area contributed by atoms with Crippen molar-refractivity contribution in [2.24, 2.45) is 0 Å². The molecule has 0 aliphatic rings. The quantitative estimate of drug-likeness (QED) is 0.487. The third-order valence-electron chi connectivity index (χ3n) is 4.60. The minimum absolute atomic E-state index is 0.00947. The Hall–Kier alpha value is -3.07. The maximum Gasteiger partial charge on any atom is 0.190 e. The van der Waals surface area contributed by atoms with E-state index in [-0.39, 0.29) is 11.5 Å². The highest BCUT2D eigenvalue weighted by molar-refractivity contribution is 6.16. The van der Waals surface area contributed by atoms with E-state index in [9.17, 15) is 9.90 Å². The van der Waals surface area contributed by atoms with Gasteiger partial charge >= 0.3 is 0 Å². The van der Waals surface area contributed by atoms with Crippen molar-refractivity contribution in [1.82, 2.24) is 0 Å². The molecule has 0 radical (unpaired) electrons. The van der Waals surface area contributed by atoms with Gasteiger partial charge in [-0.05, 0) is 54.5 Å². The van der Waals surface area contributed by atoms with Crippen molar-refractivity contribution in [1.29, 1.82) is 0 Å². The molecule has 0 saturated heterocycles. The largest absolute Gasteiger partial charge is 0.507 e. The second-order valence-corrected chi connectivity index (χ2v) is 6.14. The third-order valence-corrected chi connectivity index (χ3v) is 4.60. The third kappa shape index (κ3) is 3.62. The summed E-state index contributed by atoms with van der Waals surface area (Å²) in [7, 11) is 0. The molecule has 3 rings (SSSR count). The van der Waals surface area contributed by atoms with E-state index in [1.54, 1.807) is 12.1 Å². The lowest BCUT2D eigenvalue weighted by molar-refractivity contribution is 0.104. The maximum atomic E-state index is 12.7. The average Bonchev–Trinajstić information content (AvgIpc) is 2.68. The van der Waals surface area contributed by atoms with Crippen LogP contribution in [0.3, 0.4) is 0 Å². The predicted octanol–water partition coefficient (Wildman–Crippen LogP) is 5.29. The number of ketones is 1. The fourth-order valence-corrected chi connectivity index (χ4v) is 3.16. The predicted molar refractivity (Wildman–Crippen MR) is 109 cm³/mol. The standard InChI is InChI=1S/C23H23NO2/c1-3-24(4-2)19-13-9-17(10-14-19)11-15-21(25)23-20-8-6-5-7-18(20)12-16-22(23)26/h5-16,26H,3-4H2,1-2H3. The molecule has 0 aliphatic carbocycles. The molecule has 3 aromatic rings. The number of anilines is 1. The second kappa shape index (κ2) is 7.87. The zero-order chi connectivity index (χ0) is 18.5. The van der Waals surface area contributed by atoms with Crippen molar-refractivity contribution in [2.45, 2.75) is 13.8 Å². The zero-order valence-corrected chi connectivity index (χ0v) is 15.1. The fraction of sp³-hybridized carbons (Fsp3) is 0.174. The van der Waals surface area contributed by atoms with Crippen LogP contribution in [0.5, 0.6) is 5.75 Å². The van der Waals surface area contributed by atoms with E-state index in [4.69, 9.17) is 0 Å². The van der Waals surface area contributed by atoms with Gasteiger partial charge in [0.05, 0.1) is 5.56 Å². The first-order valence-electron chi connectivity index (χ1n) is 8.92. The Labute approximate surface area is 154 Å². The van der Waals surface area contributed by atoms with Crippen LogP contribution < -0.4 is 4.90 Å². The van der Waals surface area contributed by atoms with E-state index in [1.807, 2.05) is 42.5 Å². The molecule has 3 aromatic carbocycles. The number of fused-ring (bicyclic) bond motifs is 1. The number of rotatable bonds is 6. The van der Waals surface area contributed by atoms with Gasteiger partial charge in [0, 0.05) is 18.8 Å². The summed E-state index contributed by atoms with van der Waals surface area (Å²) in [5.41, 5.74) is 2.47. The molecular weight excluding hydrogens is 322 g/mol. The Morgan fingerprint density at radius 1 is 0.962 bits per heavy atom. The van der Waals surface area contributed by atoms with Gasteiger partial charge in [-0.15, -0.1) is 0 Å². The van der Waals surface area contributed by atoms with Gasteiger partial charge in [0.25, 0.3) is 0 Å². The smallest absolute Gasteiger partial charge is 0.190 e. The Morgan fingerprint density at radius 3 is 2.35 bits per heavy atom.